The molecule has 0 aliphatic carbocycles. The van der Waals surface area contributed by atoms with Crippen molar-refractivity contribution in [2.24, 2.45) is 0 Å². The summed E-state index contributed by atoms with van der Waals surface area (Å²) in [4.78, 5) is 0. The summed E-state index contributed by atoms with van der Waals surface area (Å²) >= 11 is 0. The average molecular weight is 156 g/mol. The van der Waals surface area contributed by atoms with Crippen LogP contribution in [0.25, 0.3) is 0 Å². The Labute approximate surface area is 60.5 Å². The van der Waals surface area contributed by atoms with Gasteiger partial charge in [0.2, 0.25) is 0 Å². The van der Waals surface area contributed by atoms with Crippen molar-refractivity contribution in [3.63, 3.8) is 0 Å². The Bertz CT molecular complexity index is 168. The fourth-order valence-electron chi connectivity index (χ4n) is 0.843. The second-order valence-electron chi connectivity index (χ2n) is 2.18. The minimum absolute atomic E-state index is 1.25. The Morgan fingerprint density at radius 1 is 1.00 bits per heavy atom. The fraction of sp³-hybridized carbons (Fsp3) is 0.143. The number of hydrogen-bond acceptors (Lipinski definition) is 0. The summed E-state index contributed by atoms with van der Waals surface area (Å²) in [5.41, 5.74) is 1.31. The first kappa shape index (κ1) is 7.19. The summed E-state index contributed by atoms with van der Waals surface area (Å²) in [5.74, 6) is 0. The molecule has 0 amide bonds. The van der Waals surface area contributed by atoms with Crippen LogP contribution in [0.15, 0.2) is 18.2 Å². The van der Waals surface area contributed by atoms with Gasteiger partial charge in [-0.1, -0.05) is 12.1 Å². The molecule has 0 nitrogen and oxygen atoms in total. The van der Waals surface area contributed by atoms with E-state index in [1.807, 2.05) is 0 Å². The third-order valence-corrected chi connectivity index (χ3v) is 1.79. The van der Waals surface area contributed by atoms with Crippen LogP contribution in [0.2, 0.25) is 0 Å². The zero-order valence-electron chi connectivity index (χ0n) is 5.39. The van der Waals surface area contributed by atoms with E-state index in [1.165, 1.54) is 16.2 Å². The van der Waals surface area contributed by atoms with E-state index in [0.717, 1.165) is 0 Å². The number of aryl methyl sites for hydroxylation is 1. The zero-order chi connectivity index (χ0) is 6.85. The van der Waals surface area contributed by atoms with Crippen molar-refractivity contribution in [3.05, 3.63) is 23.8 Å². The lowest BCUT2D eigenvalue weighted by atomic mass is 10.2. The molecule has 2 unspecified atom stereocenters. The highest BCUT2D eigenvalue weighted by atomic mass is 31.0. The minimum atomic E-state index is 1.25. The quantitative estimate of drug-likeness (QED) is 0.491. The lowest BCUT2D eigenvalue weighted by Gasteiger charge is -1.96. The van der Waals surface area contributed by atoms with Gasteiger partial charge in [-0.05, 0) is 29.2 Å². The van der Waals surface area contributed by atoms with E-state index in [2.05, 4.69) is 43.6 Å². The van der Waals surface area contributed by atoms with Crippen molar-refractivity contribution in [3.8, 4) is 0 Å². The van der Waals surface area contributed by atoms with E-state index in [4.69, 9.17) is 0 Å². The monoisotopic (exact) mass is 156 g/mol. The van der Waals surface area contributed by atoms with Gasteiger partial charge in [0.1, 0.15) is 0 Å². The van der Waals surface area contributed by atoms with Crippen LogP contribution in [0.5, 0.6) is 0 Å². The van der Waals surface area contributed by atoms with Crippen molar-refractivity contribution in [2.45, 2.75) is 6.92 Å². The SMILES string of the molecule is Cc1cc(P)cc(P)c1. The second kappa shape index (κ2) is 2.78. The molecular weight excluding hydrogens is 146 g/mol. The zero-order valence-corrected chi connectivity index (χ0v) is 7.70. The molecule has 1 aromatic rings. The van der Waals surface area contributed by atoms with Crippen LogP contribution in [-0.2, 0) is 0 Å². The molecule has 0 aromatic heterocycles. The first-order valence-corrected chi connectivity index (χ1v) is 3.96. The Morgan fingerprint density at radius 2 is 1.44 bits per heavy atom. The predicted molar refractivity (Wildman–Crippen MR) is 49.9 cm³/mol. The molecule has 0 radical (unpaired) electrons. The largest absolute Gasteiger partial charge is 0.106 e. The van der Waals surface area contributed by atoms with E-state index in [1.54, 1.807) is 0 Å². The van der Waals surface area contributed by atoms with E-state index >= 15 is 0 Å². The Hall–Kier alpha value is 0.0800. The first-order valence-electron chi connectivity index (χ1n) is 2.81. The third-order valence-electron chi connectivity index (χ3n) is 1.12. The summed E-state index contributed by atoms with van der Waals surface area (Å²) in [7, 11) is 5.37. The fourth-order valence-corrected chi connectivity index (χ4v) is 1.95. The van der Waals surface area contributed by atoms with Crippen molar-refractivity contribution < 1.29 is 0 Å². The molecule has 0 N–H and O–H groups in total. The molecule has 1 rings (SSSR count). The summed E-state index contributed by atoms with van der Waals surface area (Å²) in [6.45, 7) is 2.10. The van der Waals surface area contributed by atoms with Crippen LogP contribution in [0.4, 0.5) is 0 Å². The maximum Gasteiger partial charge on any atom is -0.0294 e. The van der Waals surface area contributed by atoms with Gasteiger partial charge in [-0.25, -0.2) is 0 Å². The lowest BCUT2D eigenvalue weighted by Crippen LogP contribution is -2.00. The van der Waals surface area contributed by atoms with E-state index < -0.39 is 0 Å². The molecule has 0 spiro atoms. The Morgan fingerprint density at radius 3 is 1.78 bits per heavy atom. The second-order valence-corrected chi connectivity index (χ2v) is 3.51. The van der Waals surface area contributed by atoms with Crippen LogP contribution in [0, 0.1) is 6.92 Å². The molecule has 1 aromatic carbocycles. The van der Waals surface area contributed by atoms with Crippen molar-refractivity contribution in [2.75, 3.05) is 0 Å². The maximum absolute atomic E-state index is 2.68. The number of rotatable bonds is 0. The standard InChI is InChI=1S/C7H10P2/c1-5-2-6(8)4-7(9)3-5/h2-4H,8-9H2,1H3. The Kier molecular flexibility index (Phi) is 2.22. The van der Waals surface area contributed by atoms with Gasteiger partial charge >= 0.3 is 0 Å². The molecule has 0 heterocycles. The van der Waals surface area contributed by atoms with Crippen molar-refractivity contribution >= 4 is 29.1 Å². The smallest absolute Gasteiger partial charge is 0.0294 e. The average Bonchev–Trinajstić information content (AvgIpc) is 1.59. The van der Waals surface area contributed by atoms with Gasteiger partial charge in [-0.15, -0.1) is 18.5 Å². The summed E-state index contributed by atoms with van der Waals surface area (Å²) in [6.07, 6.45) is 0. The third kappa shape index (κ3) is 2.05. The van der Waals surface area contributed by atoms with Gasteiger partial charge in [0.25, 0.3) is 0 Å². The molecule has 2 heteroatoms. The number of benzene rings is 1. The topological polar surface area (TPSA) is 0 Å². The molecule has 9 heavy (non-hydrogen) atoms. The Balaban J connectivity index is 3.17. The van der Waals surface area contributed by atoms with Crippen LogP contribution in [-0.4, -0.2) is 0 Å². The van der Waals surface area contributed by atoms with Gasteiger partial charge in [-0.2, -0.15) is 0 Å². The summed E-state index contributed by atoms with van der Waals surface area (Å²) in [6, 6.07) is 6.39. The maximum atomic E-state index is 2.68. The normalized spacial score (nSPS) is 9.67. The highest BCUT2D eigenvalue weighted by molar-refractivity contribution is 7.29. The molecule has 2 atom stereocenters. The summed E-state index contributed by atoms with van der Waals surface area (Å²) < 4.78 is 0. The van der Waals surface area contributed by atoms with Crippen LogP contribution >= 0.6 is 18.5 Å². The van der Waals surface area contributed by atoms with Crippen LogP contribution < -0.4 is 10.6 Å². The molecule has 0 fully saturated rings. The van der Waals surface area contributed by atoms with E-state index in [-0.39, 0.29) is 0 Å². The van der Waals surface area contributed by atoms with E-state index in [0.29, 0.717) is 0 Å². The molecule has 0 saturated heterocycles. The first-order chi connectivity index (χ1) is 4.18. The van der Waals surface area contributed by atoms with E-state index in [9.17, 15) is 0 Å². The molecular formula is C7H10P2. The molecule has 0 bridgehead atoms. The van der Waals surface area contributed by atoms with Crippen LogP contribution in [0.1, 0.15) is 5.56 Å². The van der Waals surface area contributed by atoms with Crippen LogP contribution in [0.3, 0.4) is 0 Å². The molecule has 0 saturated carbocycles. The minimum Gasteiger partial charge on any atom is -0.106 e. The highest BCUT2D eigenvalue weighted by Crippen LogP contribution is 1.97. The van der Waals surface area contributed by atoms with Gasteiger partial charge in [0.15, 0.2) is 0 Å². The van der Waals surface area contributed by atoms with Gasteiger partial charge in [0.05, 0.1) is 0 Å². The number of hydrogen-bond donors (Lipinski definition) is 0. The lowest BCUT2D eigenvalue weighted by molar-refractivity contribution is 1.52. The highest BCUT2D eigenvalue weighted by Gasteiger charge is 1.87. The predicted octanol–water partition coefficient (Wildman–Crippen LogP) is 0.996. The molecule has 48 valence electrons. The van der Waals surface area contributed by atoms with Crippen molar-refractivity contribution in [1.29, 1.82) is 0 Å². The molecule has 0 aliphatic rings. The summed E-state index contributed by atoms with van der Waals surface area (Å²) in [5, 5.41) is 2.50. The van der Waals surface area contributed by atoms with Gasteiger partial charge in [-0.3, -0.25) is 0 Å². The van der Waals surface area contributed by atoms with Crippen molar-refractivity contribution in [1.82, 2.24) is 0 Å². The molecule has 0 aliphatic heterocycles. The van der Waals surface area contributed by atoms with Gasteiger partial charge < -0.3 is 0 Å². The van der Waals surface area contributed by atoms with Gasteiger partial charge in [0, 0.05) is 0 Å².